The second kappa shape index (κ2) is 3.99. The Labute approximate surface area is 67.0 Å². The van der Waals surface area contributed by atoms with Crippen LogP contribution in [0, 0.1) is 0 Å². The van der Waals surface area contributed by atoms with Crippen LogP contribution < -0.4 is 5.32 Å². The van der Waals surface area contributed by atoms with Crippen molar-refractivity contribution >= 4 is 5.91 Å². The van der Waals surface area contributed by atoms with E-state index in [1.807, 2.05) is 12.2 Å². The molecule has 0 aromatic rings. The normalized spacial score (nSPS) is 22.3. The van der Waals surface area contributed by atoms with Gasteiger partial charge in [-0.05, 0) is 25.0 Å². The van der Waals surface area contributed by atoms with Crippen LogP contribution in [0.15, 0.2) is 17.9 Å². The number of rotatable bonds is 2. The van der Waals surface area contributed by atoms with E-state index in [2.05, 4.69) is 18.0 Å². The summed E-state index contributed by atoms with van der Waals surface area (Å²) in [6.45, 7) is 2.06. The van der Waals surface area contributed by atoms with Gasteiger partial charge < -0.3 is 5.32 Å². The van der Waals surface area contributed by atoms with Crippen molar-refractivity contribution in [2.75, 3.05) is 0 Å². The van der Waals surface area contributed by atoms with Crippen LogP contribution in [0.4, 0.5) is 0 Å². The molecule has 1 heterocycles. The smallest absolute Gasteiger partial charge is 0.220 e. The molecule has 1 fully saturated rings. The maximum absolute atomic E-state index is 10.7. The highest BCUT2D eigenvalue weighted by atomic mass is 16.1. The molecule has 1 aliphatic heterocycles. The van der Waals surface area contributed by atoms with E-state index in [0.717, 1.165) is 12.8 Å². The average Bonchev–Trinajstić information content (AvgIpc) is 2.37. The Hall–Kier alpha value is -1.01. The molecular weight excluding hydrogens is 138 g/mol. The van der Waals surface area contributed by atoms with Crippen LogP contribution in [-0.2, 0) is 4.79 Å². The Bertz CT molecular complexity index is 202. The SMILES string of the molecule is CCC=C=CC1CCC(=O)N1. The second-order valence-corrected chi connectivity index (χ2v) is 2.66. The summed E-state index contributed by atoms with van der Waals surface area (Å²) in [6.07, 6.45) is 6.47. The van der Waals surface area contributed by atoms with Gasteiger partial charge in [-0.3, -0.25) is 4.79 Å². The van der Waals surface area contributed by atoms with Crippen molar-refractivity contribution in [2.45, 2.75) is 32.2 Å². The molecule has 0 saturated carbocycles. The Balaban J connectivity index is 2.39. The van der Waals surface area contributed by atoms with Gasteiger partial charge in [-0.1, -0.05) is 6.92 Å². The maximum Gasteiger partial charge on any atom is 0.220 e. The zero-order valence-corrected chi connectivity index (χ0v) is 6.76. The molecule has 1 aliphatic rings. The summed E-state index contributed by atoms with van der Waals surface area (Å²) < 4.78 is 0. The molecule has 0 aromatic carbocycles. The van der Waals surface area contributed by atoms with Crippen LogP contribution in [0.2, 0.25) is 0 Å². The molecule has 0 aliphatic carbocycles. The number of carbonyl (C=O) groups is 1. The van der Waals surface area contributed by atoms with Gasteiger partial charge >= 0.3 is 0 Å². The monoisotopic (exact) mass is 151 g/mol. The molecule has 1 N–H and O–H groups in total. The first-order chi connectivity index (χ1) is 5.33. The number of nitrogens with one attached hydrogen (secondary N) is 1. The summed E-state index contributed by atoms with van der Waals surface area (Å²) >= 11 is 0. The highest BCUT2D eigenvalue weighted by Gasteiger charge is 2.17. The van der Waals surface area contributed by atoms with Crippen LogP contribution in [0.25, 0.3) is 0 Å². The van der Waals surface area contributed by atoms with Crippen LogP contribution in [0.3, 0.4) is 0 Å². The molecular formula is C9H13NO. The fourth-order valence-corrected chi connectivity index (χ4v) is 1.06. The van der Waals surface area contributed by atoms with Gasteiger partial charge in [0.25, 0.3) is 0 Å². The third-order valence-corrected chi connectivity index (χ3v) is 1.65. The van der Waals surface area contributed by atoms with Crippen molar-refractivity contribution in [1.29, 1.82) is 0 Å². The first-order valence-electron chi connectivity index (χ1n) is 4.03. The molecule has 0 radical (unpaired) electrons. The van der Waals surface area contributed by atoms with E-state index in [9.17, 15) is 4.79 Å². The van der Waals surface area contributed by atoms with Crippen molar-refractivity contribution in [3.8, 4) is 0 Å². The quantitative estimate of drug-likeness (QED) is 0.594. The van der Waals surface area contributed by atoms with Crippen LogP contribution in [0.5, 0.6) is 0 Å². The number of hydrogen-bond acceptors (Lipinski definition) is 1. The Morgan fingerprint density at radius 2 is 2.64 bits per heavy atom. The highest BCUT2D eigenvalue weighted by molar-refractivity contribution is 5.78. The predicted octanol–water partition coefficient (Wildman–Crippen LogP) is 1.39. The van der Waals surface area contributed by atoms with E-state index in [4.69, 9.17) is 0 Å². The van der Waals surface area contributed by atoms with Gasteiger partial charge in [-0.15, -0.1) is 5.73 Å². The molecule has 1 amide bonds. The third kappa shape index (κ3) is 2.60. The zero-order valence-electron chi connectivity index (χ0n) is 6.76. The van der Waals surface area contributed by atoms with E-state index in [1.54, 1.807) is 0 Å². The van der Waals surface area contributed by atoms with E-state index < -0.39 is 0 Å². The largest absolute Gasteiger partial charge is 0.349 e. The van der Waals surface area contributed by atoms with Gasteiger partial charge in [-0.2, -0.15) is 0 Å². The van der Waals surface area contributed by atoms with Gasteiger partial charge in [-0.25, -0.2) is 0 Å². The van der Waals surface area contributed by atoms with Crippen LogP contribution in [-0.4, -0.2) is 11.9 Å². The summed E-state index contributed by atoms with van der Waals surface area (Å²) in [5.41, 5.74) is 3.03. The van der Waals surface area contributed by atoms with Gasteiger partial charge in [0.15, 0.2) is 0 Å². The lowest BCUT2D eigenvalue weighted by molar-refractivity contribution is -0.119. The van der Waals surface area contributed by atoms with Crippen molar-refractivity contribution < 1.29 is 4.79 Å². The predicted molar refractivity (Wildman–Crippen MR) is 44.1 cm³/mol. The van der Waals surface area contributed by atoms with E-state index >= 15 is 0 Å². The molecule has 2 heteroatoms. The third-order valence-electron chi connectivity index (χ3n) is 1.65. The van der Waals surface area contributed by atoms with Crippen molar-refractivity contribution in [3.05, 3.63) is 17.9 Å². The summed E-state index contributed by atoms with van der Waals surface area (Å²) in [5, 5.41) is 2.84. The van der Waals surface area contributed by atoms with Gasteiger partial charge in [0.05, 0.1) is 6.04 Å². The van der Waals surface area contributed by atoms with Crippen LogP contribution >= 0.6 is 0 Å². The molecule has 1 unspecified atom stereocenters. The molecule has 0 bridgehead atoms. The molecule has 1 rings (SSSR count). The van der Waals surface area contributed by atoms with E-state index in [-0.39, 0.29) is 11.9 Å². The Morgan fingerprint density at radius 1 is 1.82 bits per heavy atom. The van der Waals surface area contributed by atoms with Crippen molar-refractivity contribution in [2.24, 2.45) is 0 Å². The molecule has 1 saturated heterocycles. The standard InChI is InChI=1S/C9H13NO/c1-2-3-4-5-8-6-7-9(11)10-8/h3,5,8H,2,6-7H2,1H3,(H,10,11). The minimum Gasteiger partial charge on any atom is -0.349 e. The minimum absolute atomic E-state index is 0.157. The highest BCUT2D eigenvalue weighted by Crippen LogP contribution is 2.06. The second-order valence-electron chi connectivity index (χ2n) is 2.66. The van der Waals surface area contributed by atoms with E-state index in [0.29, 0.717) is 6.42 Å². The summed E-state index contributed by atoms with van der Waals surface area (Å²) in [4.78, 5) is 10.7. The summed E-state index contributed by atoms with van der Waals surface area (Å²) in [6, 6.07) is 0.227. The van der Waals surface area contributed by atoms with Crippen molar-refractivity contribution in [3.63, 3.8) is 0 Å². The van der Waals surface area contributed by atoms with Crippen molar-refractivity contribution in [1.82, 2.24) is 5.32 Å². The molecule has 11 heavy (non-hydrogen) atoms. The van der Waals surface area contributed by atoms with Gasteiger partial charge in [0.1, 0.15) is 0 Å². The molecule has 60 valence electrons. The molecule has 1 atom stereocenters. The minimum atomic E-state index is 0.157. The van der Waals surface area contributed by atoms with Crippen LogP contribution in [0.1, 0.15) is 26.2 Å². The first kappa shape index (κ1) is 8.09. The fraction of sp³-hybridized carbons (Fsp3) is 0.556. The Kier molecular flexibility index (Phi) is 2.94. The molecule has 0 spiro atoms. The summed E-state index contributed by atoms with van der Waals surface area (Å²) in [7, 11) is 0. The lowest BCUT2D eigenvalue weighted by Crippen LogP contribution is -2.22. The first-order valence-corrected chi connectivity index (χ1v) is 4.03. The summed E-state index contributed by atoms with van der Waals surface area (Å²) in [5.74, 6) is 0.157. The number of hydrogen-bond donors (Lipinski definition) is 1. The lowest BCUT2D eigenvalue weighted by Gasteiger charge is -1.98. The molecule has 0 aromatic heterocycles. The van der Waals surface area contributed by atoms with Gasteiger partial charge in [0.2, 0.25) is 5.91 Å². The fourth-order valence-electron chi connectivity index (χ4n) is 1.06. The number of amides is 1. The maximum atomic E-state index is 10.7. The topological polar surface area (TPSA) is 29.1 Å². The van der Waals surface area contributed by atoms with Gasteiger partial charge in [0, 0.05) is 6.42 Å². The average molecular weight is 151 g/mol. The number of carbonyl (C=O) groups excluding carboxylic acids is 1. The lowest BCUT2D eigenvalue weighted by atomic mass is 10.2. The van der Waals surface area contributed by atoms with E-state index in [1.165, 1.54) is 0 Å². The zero-order chi connectivity index (χ0) is 8.10. The molecule has 2 nitrogen and oxygen atoms in total. The Morgan fingerprint density at radius 3 is 3.18 bits per heavy atom.